The summed E-state index contributed by atoms with van der Waals surface area (Å²) in [6, 6.07) is 4.77. The van der Waals surface area contributed by atoms with Crippen LogP contribution in [0.15, 0.2) is 35.0 Å². The second kappa shape index (κ2) is 4.63. The minimum Gasteiger partial charge on any atom is -0.477 e. The lowest BCUT2D eigenvalue weighted by Crippen LogP contribution is -2.17. The fraction of sp³-hybridized carbons (Fsp3) is 0.0909. The van der Waals surface area contributed by atoms with Crippen molar-refractivity contribution in [2.45, 2.75) is 6.36 Å². The molecular formula is C11H6F3NO4. The largest absolute Gasteiger partial charge is 0.573 e. The number of carbonyl (C=O) groups is 1. The minimum atomic E-state index is -4.82. The molecule has 0 saturated heterocycles. The lowest BCUT2D eigenvalue weighted by molar-refractivity contribution is -0.274. The number of hydrogen-bond acceptors (Lipinski definition) is 4. The van der Waals surface area contributed by atoms with Crippen LogP contribution in [0.2, 0.25) is 0 Å². The van der Waals surface area contributed by atoms with Gasteiger partial charge in [-0.25, -0.2) is 4.79 Å². The van der Waals surface area contributed by atoms with Crippen LogP contribution in [-0.4, -0.2) is 22.6 Å². The Hall–Kier alpha value is -2.51. The molecule has 1 aromatic carbocycles. The van der Waals surface area contributed by atoms with E-state index in [9.17, 15) is 18.0 Å². The van der Waals surface area contributed by atoms with Gasteiger partial charge in [0.2, 0.25) is 0 Å². The van der Waals surface area contributed by atoms with Crippen LogP contribution in [0.25, 0.3) is 11.3 Å². The number of carboxylic acids is 1. The third-order valence-electron chi connectivity index (χ3n) is 2.13. The summed E-state index contributed by atoms with van der Waals surface area (Å²) in [5.41, 5.74) is -0.124. The highest BCUT2D eigenvalue weighted by atomic mass is 19.4. The van der Waals surface area contributed by atoms with Crippen LogP contribution in [0.5, 0.6) is 5.75 Å². The molecule has 0 aliphatic heterocycles. The van der Waals surface area contributed by atoms with Crippen LogP contribution in [0.3, 0.4) is 0 Å². The number of ether oxygens (including phenoxy) is 1. The van der Waals surface area contributed by atoms with E-state index >= 15 is 0 Å². The molecule has 0 spiro atoms. The summed E-state index contributed by atoms with van der Waals surface area (Å²) in [7, 11) is 0. The number of benzene rings is 1. The first-order valence-electron chi connectivity index (χ1n) is 4.91. The van der Waals surface area contributed by atoms with E-state index in [1.165, 1.54) is 12.1 Å². The maximum absolute atomic E-state index is 12.1. The highest BCUT2D eigenvalue weighted by Gasteiger charge is 2.31. The molecule has 0 atom stereocenters. The average Bonchev–Trinajstić information content (AvgIpc) is 2.75. The van der Waals surface area contributed by atoms with Gasteiger partial charge >= 0.3 is 12.3 Å². The zero-order valence-corrected chi connectivity index (χ0v) is 9.14. The summed E-state index contributed by atoms with van der Waals surface area (Å²) < 4.78 is 44.7. The van der Waals surface area contributed by atoms with Crippen molar-refractivity contribution in [1.29, 1.82) is 0 Å². The zero-order chi connectivity index (χ0) is 14.0. The first kappa shape index (κ1) is 12.9. The first-order chi connectivity index (χ1) is 8.87. The first-order valence-corrected chi connectivity index (χ1v) is 4.91. The van der Waals surface area contributed by atoms with Crippen molar-refractivity contribution in [3.05, 3.63) is 36.0 Å². The standard InChI is InChI=1S/C11H6F3NO4/c12-11(13,14)18-7-3-1-2-6(4-7)9-8(10(16)17)5-15-19-9/h1-5H,(H,16,17). The molecule has 1 heterocycles. The molecule has 1 aromatic heterocycles. The van der Waals surface area contributed by atoms with Crippen LogP contribution in [-0.2, 0) is 0 Å². The van der Waals surface area contributed by atoms with Crippen molar-refractivity contribution in [3.8, 4) is 17.1 Å². The van der Waals surface area contributed by atoms with Crippen molar-refractivity contribution < 1.29 is 32.3 Å². The van der Waals surface area contributed by atoms with Crippen LogP contribution in [0, 0.1) is 0 Å². The van der Waals surface area contributed by atoms with Gasteiger partial charge < -0.3 is 14.4 Å². The Kier molecular flexibility index (Phi) is 3.16. The highest BCUT2D eigenvalue weighted by Crippen LogP contribution is 2.29. The van der Waals surface area contributed by atoms with Crippen LogP contribution in [0.4, 0.5) is 13.2 Å². The predicted molar refractivity (Wildman–Crippen MR) is 55.6 cm³/mol. The monoisotopic (exact) mass is 273 g/mol. The SMILES string of the molecule is O=C(O)c1cnoc1-c1cccc(OC(F)(F)F)c1. The molecule has 8 heteroatoms. The van der Waals surface area contributed by atoms with Crippen molar-refractivity contribution >= 4 is 5.97 Å². The molecule has 0 saturated carbocycles. The summed E-state index contributed by atoms with van der Waals surface area (Å²) in [5.74, 6) is -1.91. The molecule has 0 radical (unpaired) electrons. The zero-order valence-electron chi connectivity index (χ0n) is 9.14. The number of halogens is 3. The van der Waals surface area contributed by atoms with E-state index in [-0.39, 0.29) is 16.9 Å². The lowest BCUT2D eigenvalue weighted by atomic mass is 10.1. The molecule has 0 amide bonds. The number of alkyl halides is 3. The van der Waals surface area contributed by atoms with Gasteiger partial charge in [-0.15, -0.1) is 13.2 Å². The fourth-order valence-electron chi connectivity index (χ4n) is 1.43. The van der Waals surface area contributed by atoms with E-state index in [4.69, 9.17) is 9.63 Å². The van der Waals surface area contributed by atoms with Gasteiger partial charge in [-0.2, -0.15) is 0 Å². The third-order valence-corrected chi connectivity index (χ3v) is 2.13. The number of carboxylic acid groups (broad SMARTS) is 1. The number of nitrogens with zero attached hydrogens (tertiary/aromatic N) is 1. The van der Waals surface area contributed by atoms with E-state index in [1.54, 1.807) is 0 Å². The molecular weight excluding hydrogens is 267 g/mol. The number of rotatable bonds is 3. The van der Waals surface area contributed by atoms with Gasteiger partial charge in [-0.1, -0.05) is 17.3 Å². The van der Waals surface area contributed by atoms with E-state index in [0.717, 1.165) is 18.3 Å². The van der Waals surface area contributed by atoms with Crippen LogP contribution >= 0.6 is 0 Å². The van der Waals surface area contributed by atoms with Gasteiger partial charge in [-0.05, 0) is 12.1 Å². The second-order valence-electron chi connectivity index (χ2n) is 3.45. The topological polar surface area (TPSA) is 72.6 Å². The third kappa shape index (κ3) is 3.03. The number of hydrogen-bond donors (Lipinski definition) is 1. The van der Waals surface area contributed by atoms with Gasteiger partial charge in [-0.3, -0.25) is 0 Å². The lowest BCUT2D eigenvalue weighted by Gasteiger charge is -2.09. The second-order valence-corrected chi connectivity index (χ2v) is 3.45. The quantitative estimate of drug-likeness (QED) is 0.930. The summed E-state index contributed by atoms with van der Waals surface area (Å²) in [6.45, 7) is 0. The Labute approximate surface area is 104 Å². The van der Waals surface area contributed by atoms with Gasteiger partial charge in [0.05, 0.1) is 6.20 Å². The van der Waals surface area contributed by atoms with Crippen molar-refractivity contribution in [2.24, 2.45) is 0 Å². The van der Waals surface area contributed by atoms with Gasteiger partial charge in [0.25, 0.3) is 0 Å². The molecule has 2 rings (SSSR count). The van der Waals surface area contributed by atoms with Gasteiger partial charge in [0.15, 0.2) is 5.76 Å². The molecule has 19 heavy (non-hydrogen) atoms. The Morgan fingerprint density at radius 2 is 2.11 bits per heavy atom. The molecule has 5 nitrogen and oxygen atoms in total. The van der Waals surface area contributed by atoms with Crippen molar-refractivity contribution in [2.75, 3.05) is 0 Å². The molecule has 2 aromatic rings. The van der Waals surface area contributed by atoms with E-state index < -0.39 is 18.1 Å². The molecule has 0 unspecified atom stereocenters. The van der Waals surface area contributed by atoms with Crippen molar-refractivity contribution in [1.82, 2.24) is 5.16 Å². The number of aromatic nitrogens is 1. The van der Waals surface area contributed by atoms with Crippen LogP contribution in [0.1, 0.15) is 10.4 Å². The molecule has 1 N–H and O–H groups in total. The maximum atomic E-state index is 12.1. The summed E-state index contributed by atoms with van der Waals surface area (Å²) >= 11 is 0. The summed E-state index contributed by atoms with van der Waals surface area (Å²) in [6.07, 6.45) is -3.86. The molecule has 100 valence electrons. The minimum absolute atomic E-state index is 0.122. The highest BCUT2D eigenvalue weighted by molar-refractivity contribution is 5.93. The predicted octanol–water partition coefficient (Wildman–Crippen LogP) is 2.94. The van der Waals surface area contributed by atoms with E-state index in [0.29, 0.717) is 0 Å². The molecule has 0 fully saturated rings. The molecule has 0 aliphatic carbocycles. The number of aromatic carboxylic acids is 1. The fourth-order valence-corrected chi connectivity index (χ4v) is 1.43. The molecule has 0 aliphatic rings. The normalized spacial score (nSPS) is 11.3. The Morgan fingerprint density at radius 3 is 2.74 bits per heavy atom. The average molecular weight is 273 g/mol. The Bertz CT molecular complexity index is 606. The maximum Gasteiger partial charge on any atom is 0.573 e. The van der Waals surface area contributed by atoms with E-state index in [2.05, 4.69) is 9.89 Å². The molecule has 0 bridgehead atoms. The van der Waals surface area contributed by atoms with E-state index in [1.807, 2.05) is 0 Å². The van der Waals surface area contributed by atoms with Crippen LogP contribution < -0.4 is 4.74 Å². The van der Waals surface area contributed by atoms with Crippen molar-refractivity contribution in [3.63, 3.8) is 0 Å². The smallest absolute Gasteiger partial charge is 0.477 e. The summed E-state index contributed by atoms with van der Waals surface area (Å²) in [4.78, 5) is 10.9. The Morgan fingerprint density at radius 1 is 1.37 bits per heavy atom. The van der Waals surface area contributed by atoms with Gasteiger partial charge in [0, 0.05) is 5.56 Å². The summed E-state index contributed by atoms with van der Waals surface area (Å²) in [5, 5.41) is 12.2. The van der Waals surface area contributed by atoms with Gasteiger partial charge in [0.1, 0.15) is 11.3 Å². The Balaban J connectivity index is 2.38.